The number of carbonyl (C=O) groups is 1. The number of amides is 1. The van der Waals surface area contributed by atoms with Crippen LogP contribution >= 0.6 is 11.3 Å². The van der Waals surface area contributed by atoms with Crippen molar-refractivity contribution in [2.45, 2.75) is 12.3 Å². The summed E-state index contributed by atoms with van der Waals surface area (Å²) in [6.07, 6.45) is 2.74. The summed E-state index contributed by atoms with van der Waals surface area (Å²) in [4.78, 5) is 15.8. The lowest BCUT2D eigenvalue weighted by molar-refractivity contribution is 0.0787. The van der Waals surface area contributed by atoms with E-state index in [1.807, 2.05) is 4.90 Å². The number of carbonyl (C=O) groups excluding carboxylic acids is 1. The molecule has 0 bridgehead atoms. The molecule has 1 aliphatic heterocycles. The number of rotatable bonds is 3. The van der Waals surface area contributed by atoms with Crippen molar-refractivity contribution in [1.82, 2.24) is 14.7 Å². The Balaban J connectivity index is 1.75. The zero-order valence-electron chi connectivity index (χ0n) is 11.6. The number of aryl methyl sites for hydroxylation is 1. The SMILES string of the molecule is COc1nn(C)cc1C(=O)N1CCC(c2cccs2)C1. The fraction of sp³-hybridized carbons (Fsp3) is 0.429. The Kier molecular flexibility index (Phi) is 3.48. The molecule has 5 nitrogen and oxygen atoms in total. The van der Waals surface area contributed by atoms with E-state index in [2.05, 4.69) is 22.6 Å². The molecule has 0 aliphatic carbocycles. The van der Waals surface area contributed by atoms with Gasteiger partial charge in [-0.15, -0.1) is 16.4 Å². The highest BCUT2D eigenvalue weighted by atomic mass is 32.1. The number of likely N-dealkylation sites (tertiary alicyclic amines) is 1. The third-order valence-corrected chi connectivity index (χ3v) is 4.67. The third-order valence-electron chi connectivity index (χ3n) is 3.64. The third kappa shape index (κ3) is 2.31. The van der Waals surface area contributed by atoms with Crippen LogP contribution in [0.3, 0.4) is 0 Å². The van der Waals surface area contributed by atoms with Crippen molar-refractivity contribution in [3.8, 4) is 5.88 Å². The average Bonchev–Trinajstić information content (AvgIpc) is 3.17. The molecule has 0 spiro atoms. The van der Waals surface area contributed by atoms with Crippen LogP contribution in [-0.4, -0.2) is 40.8 Å². The first-order chi connectivity index (χ1) is 9.69. The molecule has 1 fully saturated rings. The van der Waals surface area contributed by atoms with Crippen molar-refractivity contribution in [2.24, 2.45) is 7.05 Å². The summed E-state index contributed by atoms with van der Waals surface area (Å²) in [5.41, 5.74) is 0.543. The van der Waals surface area contributed by atoms with Crippen LogP contribution < -0.4 is 4.74 Å². The Bertz CT molecular complexity index is 606. The molecule has 1 atom stereocenters. The molecule has 20 heavy (non-hydrogen) atoms. The normalized spacial score (nSPS) is 18.5. The molecule has 1 amide bonds. The number of ether oxygens (including phenoxy) is 1. The number of aromatic nitrogens is 2. The van der Waals surface area contributed by atoms with Gasteiger partial charge < -0.3 is 9.64 Å². The van der Waals surface area contributed by atoms with Gasteiger partial charge in [-0.2, -0.15) is 0 Å². The van der Waals surface area contributed by atoms with E-state index in [1.54, 1.807) is 29.3 Å². The lowest BCUT2D eigenvalue weighted by Crippen LogP contribution is -2.28. The summed E-state index contributed by atoms with van der Waals surface area (Å²) in [6.45, 7) is 1.57. The maximum absolute atomic E-state index is 12.6. The van der Waals surface area contributed by atoms with Crippen molar-refractivity contribution in [3.05, 3.63) is 34.2 Å². The van der Waals surface area contributed by atoms with Crippen molar-refractivity contribution >= 4 is 17.2 Å². The molecule has 106 valence electrons. The molecule has 1 saturated heterocycles. The van der Waals surface area contributed by atoms with Gasteiger partial charge >= 0.3 is 0 Å². The zero-order valence-corrected chi connectivity index (χ0v) is 12.4. The van der Waals surface area contributed by atoms with Gasteiger partial charge in [0.25, 0.3) is 5.91 Å². The van der Waals surface area contributed by atoms with Gasteiger partial charge in [-0.05, 0) is 17.9 Å². The van der Waals surface area contributed by atoms with Crippen molar-refractivity contribution < 1.29 is 9.53 Å². The van der Waals surface area contributed by atoms with Gasteiger partial charge in [-0.3, -0.25) is 9.48 Å². The second-order valence-electron chi connectivity index (χ2n) is 4.98. The molecule has 0 N–H and O–H groups in total. The van der Waals surface area contributed by atoms with Crippen LogP contribution in [-0.2, 0) is 7.05 Å². The van der Waals surface area contributed by atoms with Crippen molar-refractivity contribution in [1.29, 1.82) is 0 Å². The predicted octanol–water partition coefficient (Wildman–Crippen LogP) is 2.12. The first kappa shape index (κ1) is 13.2. The minimum absolute atomic E-state index is 0.00834. The Morgan fingerprint density at radius 2 is 2.40 bits per heavy atom. The van der Waals surface area contributed by atoms with Crippen LogP contribution in [0.25, 0.3) is 0 Å². The van der Waals surface area contributed by atoms with Crippen LogP contribution in [0.5, 0.6) is 5.88 Å². The van der Waals surface area contributed by atoms with E-state index < -0.39 is 0 Å². The fourth-order valence-corrected chi connectivity index (χ4v) is 3.49. The average molecular weight is 291 g/mol. The van der Waals surface area contributed by atoms with Gasteiger partial charge in [0, 0.05) is 37.1 Å². The number of methoxy groups -OCH3 is 1. The van der Waals surface area contributed by atoms with E-state index in [9.17, 15) is 4.79 Å². The number of hydrogen-bond acceptors (Lipinski definition) is 4. The molecular formula is C14H17N3O2S. The molecule has 6 heteroatoms. The van der Waals surface area contributed by atoms with Gasteiger partial charge in [0.05, 0.1) is 7.11 Å². The minimum Gasteiger partial charge on any atom is -0.479 e. The van der Waals surface area contributed by atoms with Crippen LogP contribution in [0.15, 0.2) is 23.7 Å². The monoisotopic (exact) mass is 291 g/mol. The molecule has 1 aliphatic rings. The molecule has 3 heterocycles. The maximum Gasteiger partial charge on any atom is 0.260 e. The molecule has 2 aromatic rings. The summed E-state index contributed by atoms with van der Waals surface area (Å²) in [7, 11) is 3.33. The van der Waals surface area contributed by atoms with E-state index in [0.29, 0.717) is 17.4 Å². The second-order valence-corrected chi connectivity index (χ2v) is 5.96. The molecule has 0 saturated carbocycles. The van der Waals surface area contributed by atoms with E-state index in [1.165, 1.54) is 12.0 Å². The first-order valence-electron chi connectivity index (χ1n) is 6.59. The molecule has 0 radical (unpaired) electrons. The maximum atomic E-state index is 12.6. The minimum atomic E-state index is 0.00834. The Morgan fingerprint density at radius 3 is 3.10 bits per heavy atom. The van der Waals surface area contributed by atoms with Crippen molar-refractivity contribution in [2.75, 3.05) is 20.2 Å². The van der Waals surface area contributed by atoms with Crippen molar-refractivity contribution in [3.63, 3.8) is 0 Å². The topological polar surface area (TPSA) is 47.4 Å². The van der Waals surface area contributed by atoms with Gasteiger partial charge in [0.15, 0.2) is 0 Å². The highest BCUT2D eigenvalue weighted by Gasteiger charge is 2.30. The van der Waals surface area contributed by atoms with E-state index in [-0.39, 0.29) is 5.91 Å². The molecule has 2 aromatic heterocycles. The highest BCUT2D eigenvalue weighted by molar-refractivity contribution is 7.10. The molecule has 1 unspecified atom stereocenters. The van der Waals surface area contributed by atoms with Gasteiger partial charge in [0.2, 0.25) is 5.88 Å². The van der Waals surface area contributed by atoms with Crippen LogP contribution in [0, 0.1) is 0 Å². The summed E-state index contributed by atoms with van der Waals surface area (Å²) in [6, 6.07) is 4.21. The summed E-state index contributed by atoms with van der Waals surface area (Å²) in [5, 5.41) is 6.23. The summed E-state index contributed by atoms with van der Waals surface area (Å²) < 4.78 is 6.78. The molecular weight excluding hydrogens is 274 g/mol. The van der Waals surface area contributed by atoms with Crippen LogP contribution in [0.1, 0.15) is 27.6 Å². The summed E-state index contributed by atoms with van der Waals surface area (Å²) in [5.74, 6) is 0.868. The van der Waals surface area contributed by atoms with Gasteiger partial charge in [0.1, 0.15) is 5.56 Å². The first-order valence-corrected chi connectivity index (χ1v) is 7.47. The fourth-order valence-electron chi connectivity index (χ4n) is 2.64. The Labute approximate surface area is 121 Å². The molecule has 3 rings (SSSR count). The summed E-state index contributed by atoms with van der Waals surface area (Å²) >= 11 is 1.76. The number of thiophene rings is 1. The second kappa shape index (κ2) is 5.28. The van der Waals surface area contributed by atoms with Gasteiger partial charge in [-0.1, -0.05) is 6.07 Å². The lowest BCUT2D eigenvalue weighted by Gasteiger charge is -2.15. The van der Waals surface area contributed by atoms with Crippen LogP contribution in [0.4, 0.5) is 0 Å². The predicted molar refractivity (Wildman–Crippen MR) is 77.3 cm³/mol. The van der Waals surface area contributed by atoms with E-state index >= 15 is 0 Å². The standard InChI is InChI=1S/C14H17N3O2S/c1-16-9-11(13(15-16)19-2)14(18)17-6-5-10(8-17)12-4-3-7-20-12/h3-4,7,9-10H,5-6,8H2,1-2H3. The Hall–Kier alpha value is -1.82. The van der Waals surface area contributed by atoms with Crippen LogP contribution in [0.2, 0.25) is 0 Å². The Morgan fingerprint density at radius 1 is 1.55 bits per heavy atom. The number of nitrogens with zero attached hydrogens (tertiary/aromatic N) is 3. The van der Waals surface area contributed by atoms with E-state index in [4.69, 9.17) is 4.74 Å². The zero-order chi connectivity index (χ0) is 14.1. The quantitative estimate of drug-likeness (QED) is 0.870. The van der Waals surface area contributed by atoms with E-state index in [0.717, 1.165) is 19.5 Å². The van der Waals surface area contributed by atoms with Gasteiger partial charge in [-0.25, -0.2) is 0 Å². The lowest BCUT2D eigenvalue weighted by atomic mass is 10.1. The number of hydrogen-bond donors (Lipinski definition) is 0. The molecule has 0 aromatic carbocycles. The highest BCUT2D eigenvalue weighted by Crippen LogP contribution is 2.31. The largest absolute Gasteiger partial charge is 0.479 e. The smallest absolute Gasteiger partial charge is 0.260 e.